The standard InChI is InChI=1S/C20H20FN3O3S2/c1-3-18(20-22-13(2)12-28-20)23-19(25)14-4-8-16(9-5-14)24-29(26,27)17-10-6-15(21)7-11-17/h4-12,18,24H,3H2,1-2H3,(H,23,25). The van der Waals surface area contributed by atoms with E-state index in [0.29, 0.717) is 17.7 Å². The van der Waals surface area contributed by atoms with Crippen molar-refractivity contribution in [1.29, 1.82) is 0 Å². The van der Waals surface area contributed by atoms with Gasteiger partial charge in [-0.2, -0.15) is 0 Å². The van der Waals surface area contributed by atoms with Gasteiger partial charge in [0.25, 0.3) is 15.9 Å². The molecule has 0 aliphatic carbocycles. The molecule has 0 saturated carbocycles. The Balaban J connectivity index is 1.69. The first-order valence-electron chi connectivity index (χ1n) is 8.90. The van der Waals surface area contributed by atoms with Crippen LogP contribution < -0.4 is 10.0 Å². The Morgan fingerprint density at radius 1 is 1.14 bits per heavy atom. The minimum Gasteiger partial charge on any atom is -0.343 e. The molecule has 1 unspecified atom stereocenters. The van der Waals surface area contributed by atoms with Crippen LogP contribution in [0.25, 0.3) is 0 Å². The van der Waals surface area contributed by atoms with Gasteiger partial charge in [0.1, 0.15) is 10.8 Å². The molecule has 0 aliphatic heterocycles. The number of nitrogens with one attached hydrogen (secondary N) is 2. The number of benzene rings is 2. The first-order chi connectivity index (χ1) is 13.8. The van der Waals surface area contributed by atoms with Crippen molar-refractivity contribution >= 4 is 33.0 Å². The zero-order chi connectivity index (χ0) is 21.0. The lowest BCUT2D eigenvalue weighted by atomic mass is 10.1. The lowest BCUT2D eigenvalue weighted by Gasteiger charge is -2.15. The van der Waals surface area contributed by atoms with E-state index >= 15 is 0 Å². The lowest BCUT2D eigenvalue weighted by Crippen LogP contribution is -2.28. The third kappa shape index (κ3) is 5.18. The van der Waals surface area contributed by atoms with Crippen LogP contribution in [0, 0.1) is 12.7 Å². The second-order valence-electron chi connectivity index (χ2n) is 6.40. The molecule has 9 heteroatoms. The minimum absolute atomic E-state index is 0.0507. The van der Waals surface area contributed by atoms with E-state index < -0.39 is 15.8 Å². The predicted molar refractivity (Wildman–Crippen MR) is 111 cm³/mol. The van der Waals surface area contributed by atoms with Gasteiger partial charge in [0.05, 0.1) is 10.9 Å². The summed E-state index contributed by atoms with van der Waals surface area (Å²) in [5, 5.41) is 5.73. The normalized spacial score (nSPS) is 12.4. The number of amides is 1. The fourth-order valence-corrected chi connectivity index (χ4v) is 4.62. The summed E-state index contributed by atoms with van der Waals surface area (Å²) in [7, 11) is -3.84. The largest absolute Gasteiger partial charge is 0.343 e. The van der Waals surface area contributed by atoms with E-state index in [1.807, 2.05) is 19.2 Å². The number of hydrogen-bond donors (Lipinski definition) is 2. The summed E-state index contributed by atoms with van der Waals surface area (Å²) in [5.41, 5.74) is 1.62. The summed E-state index contributed by atoms with van der Waals surface area (Å²) in [6.45, 7) is 3.87. The molecule has 29 heavy (non-hydrogen) atoms. The van der Waals surface area contributed by atoms with Gasteiger partial charge in [-0.15, -0.1) is 11.3 Å². The first-order valence-corrected chi connectivity index (χ1v) is 11.3. The van der Waals surface area contributed by atoms with Crippen molar-refractivity contribution in [2.24, 2.45) is 0 Å². The third-order valence-electron chi connectivity index (χ3n) is 4.17. The van der Waals surface area contributed by atoms with Gasteiger partial charge in [0.2, 0.25) is 0 Å². The van der Waals surface area contributed by atoms with Crippen molar-refractivity contribution in [3.05, 3.63) is 76.0 Å². The number of sulfonamides is 1. The molecule has 2 N–H and O–H groups in total. The number of carbonyl (C=O) groups excluding carboxylic acids is 1. The molecule has 0 saturated heterocycles. The summed E-state index contributed by atoms with van der Waals surface area (Å²) in [4.78, 5) is 16.9. The number of carbonyl (C=O) groups is 1. The maximum absolute atomic E-state index is 13.0. The molecule has 0 aliphatic rings. The van der Waals surface area contributed by atoms with Crippen molar-refractivity contribution in [2.75, 3.05) is 4.72 Å². The number of halogens is 1. The molecular formula is C20H20FN3O3S2. The van der Waals surface area contributed by atoms with Gasteiger partial charge in [-0.05, 0) is 61.9 Å². The van der Waals surface area contributed by atoms with Gasteiger partial charge in [-0.1, -0.05) is 6.92 Å². The van der Waals surface area contributed by atoms with Crippen LogP contribution in [0.15, 0.2) is 58.8 Å². The van der Waals surface area contributed by atoms with Gasteiger partial charge < -0.3 is 5.32 Å². The molecule has 3 aromatic rings. The average Bonchev–Trinajstić information content (AvgIpc) is 3.12. The number of aryl methyl sites for hydroxylation is 1. The van der Waals surface area contributed by atoms with Crippen molar-refractivity contribution in [3.63, 3.8) is 0 Å². The van der Waals surface area contributed by atoms with Gasteiger partial charge in [-0.25, -0.2) is 17.8 Å². The Kier molecular flexibility index (Phi) is 6.29. The van der Waals surface area contributed by atoms with Crippen LogP contribution in [0.5, 0.6) is 0 Å². The van der Waals surface area contributed by atoms with E-state index in [2.05, 4.69) is 15.0 Å². The topological polar surface area (TPSA) is 88.2 Å². The van der Waals surface area contributed by atoms with E-state index in [0.717, 1.165) is 22.8 Å². The highest BCUT2D eigenvalue weighted by atomic mass is 32.2. The third-order valence-corrected chi connectivity index (χ3v) is 6.65. The molecule has 152 valence electrons. The predicted octanol–water partition coefficient (Wildman–Crippen LogP) is 4.27. The maximum atomic E-state index is 13.0. The molecule has 1 heterocycles. The van der Waals surface area contributed by atoms with Crippen molar-refractivity contribution in [1.82, 2.24) is 10.3 Å². The van der Waals surface area contributed by atoms with E-state index in [9.17, 15) is 17.6 Å². The number of aromatic nitrogens is 1. The quantitative estimate of drug-likeness (QED) is 0.582. The van der Waals surface area contributed by atoms with Gasteiger partial charge in [0.15, 0.2) is 0 Å². The molecule has 1 amide bonds. The number of anilines is 1. The smallest absolute Gasteiger partial charge is 0.261 e. The van der Waals surface area contributed by atoms with Crippen LogP contribution in [0.4, 0.5) is 10.1 Å². The fraction of sp³-hybridized carbons (Fsp3) is 0.200. The van der Waals surface area contributed by atoms with Crippen LogP contribution in [-0.4, -0.2) is 19.3 Å². The van der Waals surface area contributed by atoms with Crippen LogP contribution in [0.2, 0.25) is 0 Å². The van der Waals surface area contributed by atoms with E-state index in [4.69, 9.17) is 0 Å². The minimum atomic E-state index is -3.84. The average molecular weight is 434 g/mol. The Hall–Kier alpha value is -2.78. The molecule has 3 rings (SSSR count). The lowest BCUT2D eigenvalue weighted by molar-refractivity contribution is 0.0935. The van der Waals surface area contributed by atoms with Gasteiger partial charge in [0, 0.05) is 22.3 Å². The van der Waals surface area contributed by atoms with Gasteiger partial charge in [-0.3, -0.25) is 9.52 Å². The van der Waals surface area contributed by atoms with Crippen molar-refractivity contribution in [3.8, 4) is 0 Å². The number of thiazole rings is 1. The molecule has 2 aromatic carbocycles. The summed E-state index contributed by atoms with van der Waals surface area (Å²) >= 11 is 1.50. The first kappa shape index (κ1) is 20.9. The molecule has 0 spiro atoms. The second kappa shape index (κ2) is 8.71. The van der Waals surface area contributed by atoms with E-state index in [1.165, 1.54) is 47.7 Å². The van der Waals surface area contributed by atoms with Crippen molar-refractivity contribution in [2.45, 2.75) is 31.2 Å². The van der Waals surface area contributed by atoms with Crippen LogP contribution in [0.1, 0.15) is 40.4 Å². The Bertz CT molecular complexity index is 1090. The molecular weight excluding hydrogens is 413 g/mol. The molecule has 6 nitrogen and oxygen atoms in total. The molecule has 0 fully saturated rings. The summed E-state index contributed by atoms with van der Waals surface area (Å²) in [6.07, 6.45) is 0.703. The van der Waals surface area contributed by atoms with Crippen LogP contribution in [-0.2, 0) is 10.0 Å². The molecule has 1 atom stereocenters. The maximum Gasteiger partial charge on any atom is 0.261 e. The highest BCUT2D eigenvalue weighted by molar-refractivity contribution is 7.92. The van der Waals surface area contributed by atoms with Gasteiger partial charge >= 0.3 is 0 Å². The molecule has 1 aromatic heterocycles. The van der Waals surface area contributed by atoms with Crippen molar-refractivity contribution < 1.29 is 17.6 Å². The van der Waals surface area contributed by atoms with Crippen LogP contribution in [0.3, 0.4) is 0 Å². The SMILES string of the molecule is CCC(NC(=O)c1ccc(NS(=O)(=O)c2ccc(F)cc2)cc1)c1nc(C)cs1. The molecule has 0 radical (unpaired) electrons. The monoisotopic (exact) mass is 433 g/mol. The zero-order valence-electron chi connectivity index (χ0n) is 15.8. The number of nitrogens with zero attached hydrogens (tertiary/aromatic N) is 1. The van der Waals surface area contributed by atoms with E-state index in [-0.39, 0.29) is 16.8 Å². The number of hydrogen-bond acceptors (Lipinski definition) is 5. The summed E-state index contributed by atoms with van der Waals surface area (Å²) < 4.78 is 40.1. The Labute approximate surface area is 172 Å². The molecule has 0 bridgehead atoms. The highest BCUT2D eigenvalue weighted by Gasteiger charge is 2.18. The van der Waals surface area contributed by atoms with Crippen LogP contribution >= 0.6 is 11.3 Å². The highest BCUT2D eigenvalue weighted by Crippen LogP contribution is 2.22. The summed E-state index contributed by atoms with van der Waals surface area (Å²) in [5.74, 6) is -0.782. The number of rotatable bonds is 7. The zero-order valence-corrected chi connectivity index (χ0v) is 17.5. The fourth-order valence-electron chi connectivity index (χ4n) is 2.63. The van der Waals surface area contributed by atoms with E-state index in [1.54, 1.807) is 0 Å². The summed E-state index contributed by atoms with van der Waals surface area (Å²) in [6, 6.07) is 10.4. The second-order valence-corrected chi connectivity index (χ2v) is 8.97. The Morgan fingerprint density at radius 2 is 1.79 bits per heavy atom. The Morgan fingerprint density at radius 3 is 2.34 bits per heavy atom.